The first-order chi connectivity index (χ1) is 13.0. The largest absolute Gasteiger partial charge is 0.495 e. The number of hydrogen-bond donors (Lipinski definition) is 1. The number of piperazine rings is 1. The van der Waals surface area contributed by atoms with Crippen molar-refractivity contribution in [2.75, 3.05) is 50.6 Å². The molecule has 0 saturated carbocycles. The average Bonchev–Trinajstić information content (AvgIpc) is 2.69. The van der Waals surface area contributed by atoms with Gasteiger partial charge < -0.3 is 24.6 Å². The number of amides is 2. The van der Waals surface area contributed by atoms with Gasteiger partial charge in [0.2, 0.25) is 0 Å². The first-order valence-electron chi connectivity index (χ1n) is 8.50. The van der Waals surface area contributed by atoms with Crippen LogP contribution in [-0.2, 0) is 0 Å². The number of urea groups is 1. The lowest BCUT2D eigenvalue weighted by atomic mass is 10.2. The van der Waals surface area contributed by atoms with Gasteiger partial charge in [0.05, 0.1) is 30.6 Å². The van der Waals surface area contributed by atoms with Gasteiger partial charge in [-0.2, -0.15) is 0 Å². The molecule has 8 heteroatoms. The zero-order valence-corrected chi connectivity index (χ0v) is 15.9. The van der Waals surface area contributed by atoms with E-state index in [9.17, 15) is 9.18 Å². The lowest BCUT2D eigenvalue weighted by Crippen LogP contribution is -2.50. The van der Waals surface area contributed by atoms with Crippen LogP contribution >= 0.6 is 11.6 Å². The van der Waals surface area contributed by atoms with E-state index in [1.807, 2.05) is 4.90 Å². The molecule has 3 rings (SSSR count). The zero-order valence-electron chi connectivity index (χ0n) is 15.2. The van der Waals surface area contributed by atoms with Gasteiger partial charge in [0.1, 0.15) is 17.3 Å². The molecule has 0 bridgehead atoms. The zero-order chi connectivity index (χ0) is 19.4. The third kappa shape index (κ3) is 4.19. The van der Waals surface area contributed by atoms with E-state index in [0.29, 0.717) is 54.1 Å². The Morgan fingerprint density at radius 1 is 1.07 bits per heavy atom. The molecule has 1 saturated heterocycles. The average molecular weight is 394 g/mol. The summed E-state index contributed by atoms with van der Waals surface area (Å²) in [5.41, 5.74) is 1.03. The van der Waals surface area contributed by atoms with Gasteiger partial charge >= 0.3 is 6.03 Å². The highest BCUT2D eigenvalue weighted by Crippen LogP contribution is 2.36. The van der Waals surface area contributed by atoms with Gasteiger partial charge in [-0.3, -0.25) is 0 Å². The van der Waals surface area contributed by atoms with Crippen molar-refractivity contribution in [2.45, 2.75) is 0 Å². The molecule has 1 heterocycles. The molecule has 1 aliphatic heterocycles. The summed E-state index contributed by atoms with van der Waals surface area (Å²) in [5, 5.41) is 3.22. The number of hydrogen-bond acceptors (Lipinski definition) is 4. The Labute approximate surface area is 162 Å². The first kappa shape index (κ1) is 19.1. The molecule has 2 aromatic carbocycles. The molecule has 6 nitrogen and oxygen atoms in total. The molecule has 1 fully saturated rings. The molecule has 0 aromatic heterocycles. The highest BCUT2D eigenvalue weighted by atomic mass is 35.5. The maximum Gasteiger partial charge on any atom is 0.322 e. The van der Waals surface area contributed by atoms with Crippen molar-refractivity contribution < 1.29 is 18.7 Å². The smallest absolute Gasteiger partial charge is 0.322 e. The minimum absolute atomic E-state index is 0.256. The van der Waals surface area contributed by atoms with Crippen LogP contribution in [0.1, 0.15) is 0 Å². The number of ether oxygens (including phenoxy) is 2. The molecule has 27 heavy (non-hydrogen) atoms. The van der Waals surface area contributed by atoms with Crippen molar-refractivity contribution in [2.24, 2.45) is 0 Å². The molecule has 2 aromatic rings. The Morgan fingerprint density at radius 2 is 1.74 bits per heavy atom. The van der Waals surface area contributed by atoms with Crippen LogP contribution in [0, 0.1) is 5.82 Å². The number of halogens is 2. The lowest BCUT2D eigenvalue weighted by molar-refractivity contribution is 0.208. The van der Waals surface area contributed by atoms with Crippen LogP contribution in [0.4, 0.5) is 20.6 Å². The van der Waals surface area contributed by atoms with Crippen LogP contribution in [0.15, 0.2) is 36.4 Å². The number of benzene rings is 2. The monoisotopic (exact) mass is 393 g/mol. The summed E-state index contributed by atoms with van der Waals surface area (Å²) < 4.78 is 24.4. The molecule has 144 valence electrons. The van der Waals surface area contributed by atoms with Crippen molar-refractivity contribution in [1.29, 1.82) is 0 Å². The van der Waals surface area contributed by atoms with Crippen LogP contribution in [-0.4, -0.2) is 51.3 Å². The highest BCUT2D eigenvalue weighted by molar-refractivity contribution is 6.32. The molecule has 0 unspecified atom stereocenters. The van der Waals surface area contributed by atoms with Crippen molar-refractivity contribution >= 4 is 29.0 Å². The Balaban J connectivity index is 1.66. The Kier molecular flexibility index (Phi) is 5.91. The molecule has 0 aliphatic carbocycles. The second kappa shape index (κ2) is 8.35. The fraction of sp³-hybridized carbons (Fsp3) is 0.316. The lowest BCUT2D eigenvalue weighted by Gasteiger charge is -2.36. The first-order valence-corrected chi connectivity index (χ1v) is 8.88. The molecular weight excluding hydrogens is 373 g/mol. The third-order valence-electron chi connectivity index (χ3n) is 4.48. The van der Waals surface area contributed by atoms with E-state index in [-0.39, 0.29) is 11.8 Å². The topological polar surface area (TPSA) is 54.0 Å². The highest BCUT2D eigenvalue weighted by Gasteiger charge is 2.23. The molecule has 0 atom stereocenters. The van der Waals surface area contributed by atoms with E-state index in [1.165, 1.54) is 20.3 Å². The van der Waals surface area contributed by atoms with Crippen LogP contribution in [0.25, 0.3) is 0 Å². The number of carbonyl (C=O) groups excluding carboxylic acids is 1. The van der Waals surface area contributed by atoms with Crippen LogP contribution < -0.4 is 19.7 Å². The maximum absolute atomic E-state index is 13.9. The fourth-order valence-corrected chi connectivity index (χ4v) is 3.24. The predicted molar refractivity (Wildman–Crippen MR) is 104 cm³/mol. The summed E-state index contributed by atoms with van der Waals surface area (Å²) in [6.07, 6.45) is 0. The number of rotatable bonds is 4. The van der Waals surface area contributed by atoms with Gasteiger partial charge in [-0.15, -0.1) is 0 Å². The summed E-state index contributed by atoms with van der Waals surface area (Å²) in [7, 11) is 3.00. The standard InChI is InChI=1S/C19H21ClFN3O3/c1-26-17-12-15(18(27-2)11-13(17)20)22-19(25)24-9-7-23(8-10-24)16-6-4-3-5-14(16)21/h3-6,11-12H,7-10H2,1-2H3,(H,22,25). The van der Waals surface area contributed by atoms with Crippen molar-refractivity contribution in [3.05, 3.63) is 47.2 Å². The normalized spacial score (nSPS) is 14.1. The van der Waals surface area contributed by atoms with Crippen LogP contribution in [0.5, 0.6) is 11.5 Å². The number of nitrogens with one attached hydrogen (secondary N) is 1. The fourth-order valence-electron chi connectivity index (χ4n) is 3.01. The molecule has 0 radical (unpaired) electrons. The minimum atomic E-state index is -0.258. The number of nitrogens with zero attached hydrogens (tertiary/aromatic N) is 2. The second-order valence-corrected chi connectivity index (χ2v) is 6.45. The van der Waals surface area contributed by atoms with E-state index in [1.54, 1.807) is 35.2 Å². The Hall–Kier alpha value is -2.67. The van der Waals surface area contributed by atoms with Crippen molar-refractivity contribution in [1.82, 2.24) is 4.90 Å². The van der Waals surface area contributed by atoms with Crippen molar-refractivity contribution in [3.8, 4) is 11.5 Å². The summed E-state index contributed by atoms with van der Waals surface area (Å²) >= 11 is 6.09. The molecule has 1 N–H and O–H groups in total. The van der Waals surface area contributed by atoms with E-state index >= 15 is 0 Å². The van der Waals surface area contributed by atoms with E-state index in [2.05, 4.69) is 5.32 Å². The quantitative estimate of drug-likeness (QED) is 0.857. The molecule has 0 spiro atoms. The molecular formula is C19H21ClFN3O3. The summed E-state index contributed by atoms with van der Waals surface area (Å²) in [5.74, 6) is 0.629. The minimum Gasteiger partial charge on any atom is -0.495 e. The Morgan fingerprint density at radius 3 is 2.37 bits per heavy atom. The second-order valence-electron chi connectivity index (χ2n) is 6.04. The SMILES string of the molecule is COc1cc(NC(=O)N2CCN(c3ccccc3F)CC2)c(OC)cc1Cl. The molecule has 2 amide bonds. The number of carbonyl (C=O) groups is 1. The van der Waals surface area contributed by atoms with Gasteiger partial charge in [0.25, 0.3) is 0 Å². The van der Waals surface area contributed by atoms with Gasteiger partial charge in [-0.25, -0.2) is 9.18 Å². The molecule has 1 aliphatic rings. The predicted octanol–water partition coefficient (Wildman–Crippen LogP) is 3.85. The maximum atomic E-state index is 13.9. The Bertz CT molecular complexity index is 826. The van der Waals surface area contributed by atoms with E-state index < -0.39 is 0 Å². The van der Waals surface area contributed by atoms with Gasteiger partial charge in [0, 0.05) is 38.3 Å². The number of para-hydroxylation sites is 1. The van der Waals surface area contributed by atoms with Gasteiger partial charge in [0.15, 0.2) is 0 Å². The summed E-state index contributed by atoms with van der Waals surface area (Å²) in [6, 6.07) is 9.60. The summed E-state index contributed by atoms with van der Waals surface area (Å²) in [6.45, 7) is 2.06. The van der Waals surface area contributed by atoms with Crippen LogP contribution in [0.2, 0.25) is 5.02 Å². The van der Waals surface area contributed by atoms with Crippen molar-refractivity contribution in [3.63, 3.8) is 0 Å². The van der Waals surface area contributed by atoms with E-state index in [0.717, 1.165) is 0 Å². The number of methoxy groups -OCH3 is 2. The number of anilines is 2. The van der Waals surface area contributed by atoms with Gasteiger partial charge in [-0.1, -0.05) is 23.7 Å². The van der Waals surface area contributed by atoms with E-state index in [4.69, 9.17) is 21.1 Å². The van der Waals surface area contributed by atoms with Gasteiger partial charge in [-0.05, 0) is 12.1 Å². The van der Waals surface area contributed by atoms with Crippen LogP contribution in [0.3, 0.4) is 0 Å². The summed E-state index contributed by atoms with van der Waals surface area (Å²) in [4.78, 5) is 16.2. The third-order valence-corrected chi connectivity index (χ3v) is 4.77.